The number of hydrogen-bond donors (Lipinski definition) is 9. The summed E-state index contributed by atoms with van der Waals surface area (Å²) < 4.78 is 10.3. The molecule has 484 valence electrons. The Morgan fingerprint density at radius 3 is 0.894 bits per heavy atom. The molecule has 9 N–H and O–H groups in total. The molecule has 21 nitrogen and oxygen atoms in total. The number of ether oxygens (including phenoxy) is 2. The van der Waals surface area contributed by atoms with Gasteiger partial charge in [-0.25, -0.2) is 9.59 Å². The summed E-state index contributed by atoms with van der Waals surface area (Å²) in [4.78, 5) is 136. The first kappa shape index (κ1) is 72.0. The van der Waals surface area contributed by atoms with E-state index in [4.69, 9.17) is 9.47 Å². The zero-order valence-electron chi connectivity index (χ0n) is 54.6. The maximum absolute atomic E-state index is 14.1. The Bertz CT molecular complexity index is 2330. The molecule has 21 heteroatoms. The SMILES string of the molecule is COC(=O)[C@H](CC(C)C)NC(=O)CC1(CNC(=O)C(C)(C)NC(=O)CC2(CNC(=O)C(C)(C)NC(=O)CC3(CNC(=O)C(C)(C)NC(=O)CC4(CNC(=O)C(C)(C)NC(=O)OC(C)(C)C)CCCCC4)CCCCC3)CCCCC2)CCCCC1. The quantitative estimate of drug-likeness (QED) is 0.0344. The van der Waals surface area contributed by atoms with Gasteiger partial charge in [0, 0.05) is 51.9 Å². The summed E-state index contributed by atoms with van der Waals surface area (Å²) >= 11 is 0. The van der Waals surface area contributed by atoms with Crippen molar-refractivity contribution in [2.75, 3.05) is 33.3 Å². The number of alkyl carbamates (subject to hydrolysis) is 1. The first-order valence-corrected chi connectivity index (χ1v) is 31.8. The molecule has 9 amide bonds. The summed E-state index contributed by atoms with van der Waals surface area (Å²) in [5, 5.41) is 26.6. The summed E-state index contributed by atoms with van der Waals surface area (Å²) in [6, 6.07) is -0.762. The topological polar surface area (TPSA) is 297 Å². The molecule has 0 aromatic carbocycles. The highest BCUT2D eigenvalue weighted by molar-refractivity contribution is 5.93. The van der Waals surface area contributed by atoms with Gasteiger partial charge in [0.05, 0.1) is 7.11 Å². The second-order valence-electron chi connectivity index (χ2n) is 29.7. The minimum absolute atomic E-state index is 0.0643. The molecule has 4 rings (SSSR count). The molecule has 1 atom stereocenters. The van der Waals surface area contributed by atoms with Crippen LogP contribution in [0.15, 0.2) is 0 Å². The molecule has 4 aliphatic carbocycles. The zero-order valence-corrected chi connectivity index (χ0v) is 54.6. The fraction of sp³-hybridized carbons (Fsp3) is 0.844. The van der Waals surface area contributed by atoms with Gasteiger partial charge in [0.15, 0.2) is 0 Å². The molecule has 85 heavy (non-hydrogen) atoms. The van der Waals surface area contributed by atoms with Gasteiger partial charge < -0.3 is 57.3 Å². The van der Waals surface area contributed by atoms with Crippen LogP contribution in [0.1, 0.15) is 251 Å². The van der Waals surface area contributed by atoms with E-state index in [9.17, 15) is 47.9 Å². The first-order chi connectivity index (χ1) is 39.4. The van der Waals surface area contributed by atoms with E-state index < -0.39 is 85.2 Å². The molecule has 4 aliphatic rings. The lowest BCUT2D eigenvalue weighted by Crippen LogP contribution is -2.59. The van der Waals surface area contributed by atoms with Gasteiger partial charge in [-0.1, -0.05) is 90.9 Å². The van der Waals surface area contributed by atoms with Crippen LogP contribution in [0.25, 0.3) is 0 Å². The van der Waals surface area contributed by atoms with Crippen molar-refractivity contribution in [3.8, 4) is 0 Å². The van der Waals surface area contributed by atoms with Gasteiger partial charge in [0.2, 0.25) is 47.3 Å². The van der Waals surface area contributed by atoms with Crippen LogP contribution in [0.5, 0.6) is 0 Å². The van der Waals surface area contributed by atoms with Crippen LogP contribution in [0.4, 0.5) is 4.79 Å². The molecule has 0 aliphatic heterocycles. The molecular weight excluding hydrogens is 1090 g/mol. The Kier molecular flexibility index (Phi) is 25.8. The third-order valence-electron chi connectivity index (χ3n) is 18.3. The lowest BCUT2D eigenvalue weighted by Gasteiger charge is -2.40. The number of rotatable bonds is 28. The lowest BCUT2D eigenvalue weighted by atomic mass is 9.71. The zero-order chi connectivity index (χ0) is 63.7. The van der Waals surface area contributed by atoms with Crippen molar-refractivity contribution in [1.82, 2.24) is 47.9 Å². The number of methoxy groups -OCH3 is 1. The first-order valence-electron chi connectivity index (χ1n) is 31.8. The van der Waals surface area contributed by atoms with Gasteiger partial charge in [0.1, 0.15) is 33.8 Å². The van der Waals surface area contributed by atoms with Crippen LogP contribution in [0, 0.1) is 27.6 Å². The minimum atomic E-state index is -1.33. The van der Waals surface area contributed by atoms with E-state index in [1.807, 2.05) is 13.8 Å². The number of amides is 9. The predicted molar refractivity (Wildman–Crippen MR) is 326 cm³/mol. The molecule has 4 saturated carbocycles. The van der Waals surface area contributed by atoms with Crippen LogP contribution in [-0.2, 0) is 52.6 Å². The number of carbonyl (C=O) groups excluding carboxylic acids is 10. The lowest BCUT2D eigenvalue weighted by molar-refractivity contribution is -0.146. The van der Waals surface area contributed by atoms with Crippen molar-refractivity contribution in [2.45, 2.75) is 284 Å². The van der Waals surface area contributed by atoms with Crippen molar-refractivity contribution in [3.05, 3.63) is 0 Å². The van der Waals surface area contributed by atoms with E-state index in [1.165, 1.54) is 7.11 Å². The highest BCUT2D eigenvalue weighted by atomic mass is 16.6. The van der Waals surface area contributed by atoms with Crippen LogP contribution < -0.4 is 47.9 Å². The monoisotopic (exact) mass is 1200 g/mol. The van der Waals surface area contributed by atoms with Crippen LogP contribution in [0.3, 0.4) is 0 Å². The van der Waals surface area contributed by atoms with Crippen LogP contribution in [0.2, 0.25) is 0 Å². The maximum atomic E-state index is 14.1. The average Bonchev–Trinajstić information content (AvgIpc) is 3.61. The molecule has 4 fully saturated rings. The van der Waals surface area contributed by atoms with Crippen molar-refractivity contribution in [1.29, 1.82) is 0 Å². The van der Waals surface area contributed by atoms with Gasteiger partial charge in [-0.05, 0) is 162 Å². The molecule has 0 bridgehead atoms. The summed E-state index contributed by atoms with van der Waals surface area (Å²) in [6.45, 7) is 23.1. The molecule has 0 aromatic heterocycles. The third kappa shape index (κ3) is 22.9. The van der Waals surface area contributed by atoms with Gasteiger partial charge in [0.25, 0.3) is 0 Å². The molecular formula is C64H111N9O12. The summed E-state index contributed by atoms with van der Waals surface area (Å²) in [5.41, 5.74) is -8.23. The van der Waals surface area contributed by atoms with Gasteiger partial charge in [-0.15, -0.1) is 0 Å². The highest BCUT2D eigenvalue weighted by Crippen LogP contribution is 2.43. The van der Waals surface area contributed by atoms with Crippen molar-refractivity contribution >= 4 is 59.3 Å². The van der Waals surface area contributed by atoms with E-state index in [1.54, 1.807) is 76.2 Å². The Hall–Kier alpha value is -5.50. The van der Waals surface area contributed by atoms with Crippen molar-refractivity contribution < 1.29 is 57.4 Å². The smallest absolute Gasteiger partial charge is 0.408 e. The summed E-state index contributed by atoms with van der Waals surface area (Å²) in [7, 11) is 1.30. The Morgan fingerprint density at radius 2 is 0.647 bits per heavy atom. The van der Waals surface area contributed by atoms with E-state index in [2.05, 4.69) is 47.9 Å². The van der Waals surface area contributed by atoms with E-state index in [-0.39, 0.29) is 87.3 Å². The van der Waals surface area contributed by atoms with E-state index >= 15 is 0 Å². The van der Waals surface area contributed by atoms with Gasteiger partial charge in [-0.2, -0.15) is 0 Å². The van der Waals surface area contributed by atoms with Crippen LogP contribution in [-0.4, -0.2) is 126 Å². The van der Waals surface area contributed by atoms with Gasteiger partial charge in [-0.3, -0.25) is 38.4 Å². The third-order valence-corrected chi connectivity index (χ3v) is 18.3. The standard InChI is InChI=1S/C64H111N9O12/c1-44(2)35-45(50(78)84-14)69-46(74)36-61(27-19-15-20-28-61)40-65-51(79)57(6,7)70-47(75)37-62(29-21-16-22-30-62)41-66-52(80)58(8,9)71-48(76)38-63(31-23-17-24-32-63)42-67-53(81)59(10,11)72-49(77)39-64(33-25-18-26-34-64)43-68-54(82)60(12,13)73-55(83)85-56(3,4)5/h44-45H,15-43H2,1-14H3,(H,65,79)(H,66,80)(H,67,81)(H,68,82)(H,69,74)(H,70,75)(H,71,76)(H,72,77)(H,73,83)/t45-/m0/s1. The summed E-state index contributed by atoms with van der Waals surface area (Å²) in [5.74, 6) is -3.20. The number of carbonyl (C=O) groups is 10. The molecule has 0 heterocycles. The van der Waals surface area contributed by atoms with Gasteiger partial charge >= 0.3 is 12.1 Å². The minimum Gasteiger partial charge on any atom is -0.467 e. The Labute approximate surface area is 507 Å². The second kappa shape index (κ2) is 30.4. The van der Waals surface area contributed by atoms with Crippen molar-refractivity contribution in [3.63, 3.8) is 0 Å². The normalized spacial score (nSPS) is 19.1. The Morgan fingerprint density at radius 1 is 0.388 bits per heavy atom. The van der Waals surface area contributed by atoms with Crippen molar-refractivity contribution in [2.24, 2.45) is 27.6 Å². The number of hydrogen-bond acceptors (Lipinski definition) is 12. The molecule has 0 unspecified atom stereocenters. The fourth-order valence-electron chi connectivity index (χ4n) is 13.2. The molecule has 0 saturated heterocycles. The number of esters is 1. The predicted octanol–water partition coefficient (Wildman–Crippen LogP) is 7.51. The second-order valence-corrected chi connectivity index (χ2v) is 29.7. The molecule has 0 aromatic rings. The fourth-order valence-corrected chi connectivity index (χ4v) is 13.2. The van der Waals surface area contributed by atoms with E-state index in [0.29, 0.717) is 44.9 Å². The van der Waals surface area contributed by atoms with E-state index in [0.717, 1.165) is 89.9 Å². The molecule has 0 spiro atoms. The Balaban J connectivity index is 1.32. The molecule has 0 radical (unpaired) electrons. The highest BCUT2D eigenvalue weighted by Gasteiger charge is 2.44. The largest absolute Gasteiger partial charge is 0.467 e. The van der Waals surface area contributed by atoms with Crippen LogP contribution >= 0.6 is 0 Å². The average molecular weight is 1200 g/mol. The summed E-state index contributed by atoms with van der Waals surface area (Å²) in [6.07, 6.45) is 16.7. The maximum Gasteiger partial charge on any atom is 0.408 e. The number of nitrogens with one attached hydrogen (secondary N) is 9.